The average molecular weight is 327 g/mol. The summed E-state index contributed by atoms with van der Waals surface area (Å²) >= 11 is 1.09. The highest BCUT2D eigenvalue weighted by molar-refractivity contribution is 8.03. The van der Waals surface area contributed by atoms with Crippen LogP contribution in [0.5, 0.6) is 0 Å². The lowest BCUT2D eigenvalue weighted by molar-refractivity contribution is -0.141. The highest BCUT2D eigenvalue weighted by Gasteiger charge is 2.49. The van der Waals surface area contributed by atoms with Crippen molar-refractivity contribution >= 4 is 29.7 Å². The van der Waals surface area contributed by atoms with Crippen molar-refractivity contribution in [2.45, 2.75) is 11.6 Å². The third kappa shape index (κ3) is 2.19. The molecule has 0 bridgehead atoms. The van der Waals surface area contributed by atoms with Gasteiger partial charge in [0.25, 0.3) is 5.91 Å². The molecule has 0 unspecified atom stereocenters. The van der Waals surface area contributed by atoms with Crippen molar-refractivity contribution in [3.05, 3.63) is 52.1 Å². The Labute approximate surface area is 126 Å². The Morgan fingerprint density at radius 1 is 1.32 bits per heavy atom. The van der Waals surface area contributed by atoms with Crippen LogP contribution in [-0.4, -0.2) is 27.3 Å². The van der Waals surface area contributed by atoms with E-state index in [-0.39, 0.29) is 16.8 Å². The molecule has 3 rings (SSSR count). The summed E-state index contributed by atoms with van der Waals surface area (Å²) in [5.74, 6) is -1.82. The van der Waals surface area contributed by atoms with Crippen LogP contribution in [0.4, 0.5) is 13.2 Å². The summed E-state index contributed by atoms with van der Waals surface area (Å²) in [5.41, 5.74) is -0.930. The van der Waals surface area contributed by atoms with Crippen LogP contribution in [-0.2, 0) is 15.8 Å². The number of fused-ring (bicyclic) bond motifs is 1. The summed E-state index contributed by atoms with van der Waals surface area (Å²) in [6.45, 7) is 0. The Bertz CT molecular complexity index is 739. The third-order valence-electron chi connectivity index (χ3n) is 3.33. The first-order valence-electron chi connectivity index (χ1n) is 6.11. The van der Waals surface area contributed by atoms with Crippen LogP contribution >= 0.6 is 11.8 Å². The molecule has 2 aliphatic rings. The van der Waals surface area contributed by atoms with Crippen LogP contribution in [0.15, 0.2) is 40.9 Å². The van der Waals surface area contributed by atoms with Gasteiger partial charge in [0.1, 0.15) is 11.1 Å². The first-order valence-corrected chi connectivity index (χ1v) is 7.05. The first-order chi connectivity index (χ1) is 10.3. The maximum absolute atomic E-state index is 12.9. The molecule has 114 valence electrons. The number of hydrogen-bond donors (Lipinski definition) is 1. The molecule has 1 aromatic rings. The molecule has 0 radical (unpaired) electrons. The minimum absolute atomic E-state index is 0.109. The van der Waals surface area contributed by atoms with Gasteiger partial charge in [-0.15, -0.1) is 11.8 Å². The Kier molecular flexibility index (Phi) is 3.28. The van der Waals surface area contributed by atoms with E-state index in [1.807, 2.05) is 0 Å². The van der Waals surface area contributed by atoms with E-state index in [2.05, 4.69) is 0 Å². The molecule has 1 N–H and O–H groups in total. The summed E-state index contributed by atoms with van der Waals surface area (Å²) < 4.78 is 38.8. The molecule has 0 aliphatic carbocycles. The molecule has 22 heavy (non-hydrogen) atoms. The van der Waals surface area contributed by atoms with Gasteiger partial charge in [0.05, 0.1) is 11.1 Å². The molecule has 2 heterocycles. The van der Waals surface area contributed by atoms with Gasteiger partial charge >= 0.3 is 12.1 Å². The van der Waals surface area contributed by atoms with Crippen molar-refractivity contribution in [1.29, 1.82) is 0 Å². The summed E-state index contributed by atoms with van der Waals surface area (Å²) in [5, 5.41) is 9.69. The molecule has 1 aromatic carbocycles. The smallest absolute Gasteiger partial charge is 0.416 e. The highest BCUT2D eigenvalue weighted by Crippen LogP contribution is 2.45. The highest BCUT2D eigenvalue weighted by atomic mass is 32.2. The van der Waals surface area contributed by atoms with Crippen molar-refractivity contribution < 1.29 is 27.9 Å². The third-order valence-corrected chi connectivity index (χ3v) is 4.41. The van der Waals surface area contributed by atoms with E-state index in [1.54, 1.807) is 0 Å². The second-order valence-corrected chi connectivity index (χ2v) is 5.61. The summed E-state index contributed by atoms with van der Waals surface area (Å²) in [4.78, 5) is 24.0. The minimum atomic E-state index is -4.52. The van der Waals surface area contributed by atoms with Crippen molar-refractivity contribution in [3.63, 3.8) is 0 Å². The second-order valence-electron chi connectivity index (χ2n) is 4.66. The zero-order chi connectivity index (χ0) is 16.1. The zero-order valence-electron chi connectivity index (χ0n) is 10.8. The van der Waals surface area contributed by atoms with Crippen LogP contribution in [0, 0.1) is 0 Å². The number of hydrogen-bond acceptors (Lipinski definition) is 3. The van der Waals surface area contributed by atoms with Crippen molar-refractivity contribution in [2.75, 3.05) is 0 Å². The topological polar surface area (TPSA) is 57.6 Å². The Morgan fingerprint density at radius 2 is 2.00 bits per heavy atom. The zero-order valence-corrected chi connectivity index (χ0v) is 11.6. The number of aliphatic carboxylic acids is 1. The van der Waals surface area contributed by atoms with Gasteiger partial charge in [-0.2, -0.15) is 13.2 Å². The molecule has 1 atom stereocenters. The van der Waals surface area contributed by atoms with Crippen LogP contribution in [0.3, 0.4) is 0 Å². The monoisotopic (exact) mass is 327 g/mol. The number of alkyl halides is 3. The van der Waals surface area contributed by atoms with Gasteiger partial charge in [0.2, 0.25) is 0 Å². The fourth-order valence-electron chi connectivity index (χ4n) is 2.31. The number of carboxylic acids is 1. The van der Waals surface area contributed by atoms with Gasteiger partial charge in [-0.25, -0.2) is 4.79 Å². The van der Waals surface area contributed by atoms with E-state index in [9.17, 15) is 22.8 Å². The number of amides is 1. The first kappa shape index (κ1) is 14.7. The number of thioether (sulfide) groups is 1. The number of halogens is 3. The summed E-state index contributed by atoms with van der Waals surface area (Å²) in [6.07, 6.45) is -3.34. The minimum Gasteiger partial charge on any atom is -0.477 e. The number of nitrogens with zero attached hydrogens (tertiary/aromatic N) is 1. The maximum Gasteiger partial charge on any atom is 0.416 e. The van der Waals surface area contributed by atoms with Crippen LogP contribution in [0.25, 0.3) is 6.08 Å². The Hall–Kier alpha value is -2.22. The average Bonchev–Trinajstić information content (AvgIpc) is 2.84. The predicted molar refractivity (Wildman–Crippen MR) is 73.4 cm³/mol. The van der Waals surface area contributed by atoms with E-state index in [0.29, 0.717) is 0 Å². The van der Waals surface area contributed by atoms with Gasteiger partial charge in [-0.1, -0.05) is 18.2 Å². The number of benzene rings is 1. The van der Waals surface area contributed by atoms with E-state index < -0.39 is 29.0 Å². The number of carboxylic acid groups (broad SMARTS) is 1. The van der Waals surface area contributed by atoms with Crippen molar-refractivity contribution in [2.24, 2.45) is 0 Å². The molecule has 0 spiro atoms. The lowest BCUT2D eigenvalue weighted by Crippen LogP contribution is -2.51. The van der Waals surface area contributed by atoms with Crippen LogP contribution in [0.1, 0.15) is 11.1 Å². The largest absolute Gasteiger partial charge is 0.477 e. The lowest BCUT2D eigenvalue weighted by Gasteiger charge is -2.37. The molecule has 1 saturated heterocycles. The molecule has 2 aliphatic heterocycles. The van der Waals surface area contributed by atoms with Gasteiger partial charge in [-0.3, -0.25) is 9.69 Å². The quantitative estimate of drug-likeness (QED) is 0.670. The van der Waals surface area contributed by atoms with E-state index >= 15 is 0 Å². The molecular formula is C14H8F3NO3S. The fraction of sp³-hybridized carbons (Fsp3) is 0.143. The lowest BCUT2D eigenvalue weighted by atomic mass is 9.98. The second kappa shape index (κ2) is 4.91. The number of carbonyl (C=O) groups excluding carboxylic acids is 1. The van der Waals surface area contributed by atoms with Gasteiger partial charge in [0, 0.05) is 5.41 Å². The van der Waals surface area contributed by atoms with Crippen molar-refractivity contribution in [1.82, 2.24) is 4.90 Å². The van der Waals surface area contributed by atoms with E-state index in [4.69, 9.17) is 5.11 Å². The van der Waals surface area contributed by atoms with Gasteiger partial charge in [0.15, 0.2) is 0 Å². The van der Waals surface area contributed by atoms with Crippen LogP contribution < -0.4 is 0 Å². The Balaban J connectivity index is 1.94. The number of β-lactam (4-membered cyclic amide) rings is 1. The van der Waals surface area contributed by atoms with Gasteiger partial charge in [-0.05, 0) is 17.7 Å². The molecule has 0 aromatic heterocycles. The summed E-state index contributed by atoms with van der Waals surface area (Å²) in [7, 11) is 0. The molecular weight excluding hydrogens is 319 g/mol. The van der Waals surface area contributed by atoms with E-state index in [0.717, 1.165) is 22.7 Å². The molecule has 4 nitrogen and oxygen atoms in total. The fourth-order valence-corrected chi connectivity index (χ4v) is 3.43. The molecule has 8 heteroatoms. The van der Waals surface area contributed by atoms with Crippen LogP contribution in [0.2, 0.25) is 0 Å². The van der Waals surface area contributed by atoms with Crippen molar-refractivity contribution in [3.8, 4) is 0 Å². The molecule has 1 amide bonds. The number of rotatable bonds is 2. The molecule has 1 fully saturated rings. The van der Waals surface area contributed by atoms with Gasteiger partial charge < -0.3 is 5.11 Å². The number of carbonyl (C=O) groups is 2. The standard InChI is InChI=1S/C14H8F3NO3S/c15-14(16,17)9-4-2-1-3-7(9)5-8-11(19)18-10(13(20)21)6-22-12(8)18/h1-6,12H,(H,20,21)/t12-/m1/s1. The van der Waals surface area contributed by atoms with E-state index in [1.165, 1.54) is 29.7 Å². The predicted octanol–water partition coefficient (Wildman–Crippen LogP) is 2.93. The normalized spacial score (nSPS) is 22.4. The summed E-state index contributed by atoms with van der Waals surface area (Å²) in [6, 6.07) is 4.94. The Morgan fingerprint density at radius 3 is 2.64 bits per heavy atom. The SMILES string of the molecule is O=C(O)C1=CS[C@@H]2C(=Cc3ccccc3C(F)(F)F)C(=O)N12. The maximum atomic E-state index is 12.9. The molecule has 0 saturated carbocycles.